The molecule has 0 radical (unpaired) electrons. The molecule has 1 aromatic heterocycles. The monoisotopic (exact) mass is 330 g/mol. The number of benzene rings is 2. The summed E-state index contributed by atoms with van der Waals surface area (Å²) >= 11 is 3.38. The van der Waals surface area contributed by atoms with Crippen molar-refractivity contribution in [1.29, 1.82) is 0 Å². The molecule has 3 nitrogen and oxygen atoms in total. The Morgan fingerprint density at radius 3 is 2.75 bits per heavy atom. The zero-order valence-corrected chi connectivity index (χ0v) is 12.3. The first-order valence-corrected chi connectivity index (χ1v) is 6.84. The van der Waals surface area contributed by atoms with Crippen LogP contribution in [0, 0.1) is 0 Å². The molecule has 0 fully saturated rings. The molecule has 100 valence electrons. The molecule has 0 N–H and O–H groups in total. The van der Waals surface area contributed by atoms with Crippen LogP contribution in [0.15, 0.2) is 62.2 Å². The van der Waals surface area contributed by atoms with Crippen LogP contribution >= 0.6 is 15.9 Å². The molecule has 3 aromatic rings. The van der Waals surface area contributed by atoms with Gasteiger partial charge in [0.05, 0.1) is 7.11 Å². The van der Waals surface area contributed by atoms with Gasteiger partial charge in [-0.15, -0.1) is 0 Å². The molecule has 2 aromatic carbocycles. The fraction of sp³-hybridized carbons (Fsp3) is 0.0625. The van der Waals surface area contributed by atoms with Crippen LogP contribution in [0.1, 0.15) is 0 Å². The van der Waals surface area contributed by atoms with Crippen molar-refractivity contribution < 1.29 is 9.15 Å². The maximum atomic E-state index is 11.7. The van der Waals surface area contributed by atoms with E-state index in [1.54, 1.807) is 13.2 Å². The second-order valence-electron chi connectivity index (χ2n) is 4.35. The van der Waals surface area contributed by atoms with Gasteiger partial charge in [-0.25, -0.2) is 4.79 Å². The number of methoxy groups -OCH3 is 1. The van der Waals surface area contributed by atoms with Crippen molar-refractivity contribution in [3.8, 4) is 16.9 Å². The van der Waals surface area contributed by atoms with Crippen molar-refractivity contribution in [2.24, 2.45) is 0 Å². The average molecular weight is 331 g/mol. The van der Waals surface area contributed by atoms with E-state index in [1.807, 2.05) is 36.4 Å². The van der Waals surface area contributed by atoms with Gasteiger partial charge < -0.3 is 9.15 Å². The minimum atomic E-state index is -0.367. The summed E-state index contributed by atoms with van der Waals surface area (Å²) in [7, 11) is 1.62. The van der Waals surface area contributed by atoms with Crippen LogP contribution in [0.3, 0.4) is 0 Å². The van der Waals surface area contributed by atoms with Gasteiger partial charge in [0.25, 0.3) is 0 Å². The molecular weight excluding hydrogens is 320 g/mol. The topological polar surface area (TPSA) is 39.4 Å². The summed E-state index contributed by atoms with van der Waals surface area (Å²) in [6.07, 6.45) is 0. The van der Waals surface area contributed by atoms with Gasteiger partial charge in [-0.3, -0.25) is 0 Å². The minimum Gasteiger partial charge on any atom is -0.497 e. The Morgan fingerprint density at radius 1 is 1.10 bits per heavy atom. The highest BCUT2D eigenvalue weighted by molar-refractivity contribution is 9.10. The molecule has 0 amide bonds. The van der Waals surface area contributed by atoms with E-state index in [4.69, 9.17) is 9.15 Å². The van der Waals surface area contributed by atoms with Gasteiger partial charge in [0, 0.05) is 15.9 Å². The smallest absolute Gasteiger partial charge is 0.336 e. The summed E-state index contributed by atoms with van der Waals surface area (Å²) in [5.41, 5.74) is 1.95. The van der Waals surface area contributed by atoms with E-state index < -0.39 is 0 Å². The van der Waals surface area contributed by atoms with Crippen LogP contribution in [0.5, 0.6) is 5.75 Å². The lowest BCUT2D eigenvalue weighted by Crippen LogP contribution is -1.98. The molecule has 0 aliphatic carbocycles. The van der Waals surface area contributed by atoms with E-state index in [9.17, 15) is 4.79 Å². The van der Waals surface area contributed by atoms with Crippen LogP contribution in [0.25, 0.3) is 22.1 Å². The van der Waals surface area contributed by atoms with Crippen LogP contribution in [0.2, 0.25) is 0 Å². The van der Waals surface area contributed by atoms with Gasteiger partial charge in [0.2, 0.25) is 0 Å². The highest BCUT2D eigenvalue weighted by atomic mass is 79.9. The zero-order valence-electron chi connectivity index (χ0n) is 10.7. The van der Waals surface area contributed by atoms with E-state index >= 15 is 0 Å². The first-order valence-electron chi connectivity index (χ1n) is 6.05. The molecule has 0 saturated carbocycles. The molecule has 0 aliphatic heterocycles. The summed E-state index contributed by atoms with van der Waals surface area (Å²) in [6, 6.07) is 14.8. The lowest BCUT2D eigenvalue weighted by molar-refractivity contribution is 0.415. The van der Waals surface area contributed by atoms with Gasteiger partial charge in [0.1, 0.15) is 11.3 Å². The lowest BCUT2D eigenvalue weighted by atomic mass is 10.0. The summed E-state index contributed by atoms with van der Waals surface area (Å²) in [4.78, 5) is 11.7. The first kappa shape index (κ1) is 12.9. The summed E-state index contributed by atoms with van der Waals surface area (Å²) < 4.78 is 11.3. The van der Waals surface area contributed by atoms with Crippen LogP contribution in [-0.2, 0) is 0 Å². The minimum absolute atomic E-state index is 0.367. The number of hydrogen-bond donors (Lipinski definition) is 0. The van der Waals surface area contributed by atoms with Crippen LogP contribution in [-0.4, -0.2) is 7.11 Å². The number of hydrogen-bond acceptors (Lipinski definition) is 3. The second kappa shape index (κ2) is 5.13. The normalized spacial score (nSPS) is 10.7. The molecular formula is C16H11BrO3. The van der Waals surface area contributed by atoms with E-state index in [1.165, 1.54) is 6.07 Å². The van der Waals surface area contributed by atoms with Gasteiger partial charge in [0.15, 0.2) is 0 Å². The summed E-state index contributed by atoms with van der Waals surface area (Å²) in [6.45, 7) is 0. The van der Waals surface area contributed by atoms with Crippen molar-refractivity contribution >= 4 is 26.9 Å². The molecule has 0 bridgehead atoms. The predicted molar refractivity (Wildman–Crippen MR) is 82.2 cm³/mol. The molecule has 1 heterocycles. The third-order valence-electron chi connectivity index (χ3n) is 3.09. The Labute approximate surface area is 123 Å². The van der Waals surface area contributed by atoms with E-state index in [0.29, 0.717) is 5.58 Å². The maximum absolute atomic E-state index is 11.7. The SMILES string of the molecule is COc1cccc(-c2cc(=O)oc3cc(Br)ccc23)c1. The molecule has 0 saturated heterocycles. The summed E-state index contributed by atoms with van der Waals surface area (Å²) in [5.74, 6) is 0.751. The fourth-order valence-corrected chi connectivity index (χ4v) is 2.51. The van der Waals surface area contributed by atoms with Crippen molar-refractivity contribution in [3.63, 3.8) is 0 Å². The summed E-state index contributed by atoms with van der Waals surface area (Å²) in [5, 5.41) is 0.890. The second-order valence-corrected chi connectivity index (χ2v) is 5.27. The third kappa shape index (κ3) is 2.34. The fourth-order valence-electron chi connectivity index (χ4n) is 2.17. The van der Waals surface area contributed by atoms with Gasteiger partial charge in [-0.1, -0.05) is 28.1 Å². The molecule has 0 unspecified atom stereocenters. The van der Waals surface area contributed by atoms with Gasteiger partial charge >= 0.3 is 5.63 Å². The molecule has 20 heavy (non-hydrogen) atoms. The average Bonchev–Trinajstić information content (AvgIpc) is 2.46. The van der Waals surface area contributed by atoms with E-state index in [2.05, 4.69) is 15.9 Å². The largest absolute Gasteiger partial charge is 0.497 e. The van der Waals surface area contributed by atoms with Gasteiger partial charge in [-0.2, -0.15) is 0 Å². The Kier molecular flexibility index (Phi) is 3.32. The predicted octanol–water partition coefficient (Wildman–Crippen LogP) is 4.23. The van der Waals surface area contributed by atoms with Crippen molar-refractivity contribution in [1.82, 2.24) is 0 Å². The molecule has 4 heteroatoms. The number of rotatable bonds is 2. The van der Waals surface area contributed by atoms with Crippen LogP contribution in [0.4, 0.5) is 0 Å². The highest BCUT2D eigenvalue weighted by Gasteiger charge is 2.09. The van der Waals surface area contributed by atoms with Crippen molar-refractivity contribution in [2.75, 3.05) is 7.11 Å². The first-order chi connectivity index (χ1) is 9.67. The maximum Gasteiger partial charge on any atom is 0.336 e. The molecule has 0 aliphatic rings. The Hall–Kier alpha value is -2.07. The Balaban J connectivity index is 2.32. The Bertz CT molecular complexity index is 836. The quantitative estimate of drug-likeness (QED) is 0.660. The standard InChI is InChI=1S/C16H11BrO3/c1-19-12-4-2-3-10(7-12)14-9-16(18)20-15-8-11(17)5-6-13(14)15/h2-9H,1H3. The van der Waals surface area contributed by atoms with E-state index in [0.717, 1.165) is 26.7 Å². The molecule has 0 atom stereocenters. The third-order valence-corrected chi connectivity index (χ3v) is 3.58. The van der Waals surface area contributed by atoms with E-state index in [-0.39, 0.29) is 5.63 Å². The lowest BCUT2D eigenvalue weighted by Gasteiger charge is -2.07. The Morgan fingerprint density at radius 2 is 1.95 bits per heavy atom. The van der Waals surface area contributed by atoms with Gasteiger partial charge in [-0.05, 0) is 41.5 Å². The van der Waals surface area contributed by atoms with Crippen molar-refractivity contribution in [2.45, 2.75) is 0 Å². The number of fused-ring (bicyclic) bond motifs is 1. The number of ether oxygens (including phenoxy) is 1. The molecule has 0 spiro atoms. The molecule has 3 rings (SSSR count). The number of halogens is 1. The zero-order chi connectivity index (χ0) is 14.1. The van der Waals surface area contributed by atoms with Crippen molar-refractivity contribution in [3.05, 3.63) is 63.4 Å². The van der Waals surface area contributed by atoms with Crippen LogP contribution < -0.4 is 10.4 Å². The highest BCUT2D eigenvalue weighted by Crippen LogP contribution is 2.30.